The zero-order valence-electron chi connectivity index (χ0n) is 17.7. The Bertz CT molecular complexity index is 305. The number of quaternary nitrogens is 2. The molecule has 0 spiro atoms. The number of hydrogen-bond donors (Lipinski definition) is 0. The van der Waals surface area contributed by atoms with Crippen molar-refractivity contribution in [2.24, 2.45) is 0 Å². The standard InChI is InChI=1S/C20H44N2O2/c1-19(2)23-17-11-15-21(5,6)13-9-10-14-22(7,8)16-12-18-24-20(3)4/h9-10,19-20H,11-18H2,1-8H3/q+2/b10-9+. The van der Waals surface area contributed by atoms with Crippen LogP contribution < -0.4 is 0 Å². The van der Waals surface area contributed by atoms with Gasteiger partial charge in [-0.3, -0.25) is 0 Å². The van der Waals surface area contributed by atoms with E-state index in [1.165, 1.54) is 0 Å². The first-order valence-corrected chi connectivity index (χ1v) is 9.56. The van der Waals surface area contributed by atoms with Gasteiger partial charge in [-0.1, -0.05) is 0 Å². The Labute approximate surface area is 151 Å². The monoisotopic (exact) mass is 344 g/mol. The average molecular weight is 345 g/mol. The molecule has 0 aliphatic heterocycles. The first kappa shape index (κ1) is 23.6. The van der Waals surface area contributed by atoms with Crippen molar-refractivity contribution >= 4 is 0 Å². The minimum Gasteiger partial charge on any atom is -0.379 e. The summed E-state index contributed by atoms with van der Waals surface area (Å²) in [7, 11) is 9.18. The van der Waals surface area contributed by atoms with Crippen LogP contribution in [0.15, 0.2) is 12.2 Å². The van der Waals surface area contributed by atoms with E-state index in [1.807, 2.05) is 0 Å². The van der Waals surface area contributed by atoms with Gasteiger partial charge < -0.3 is 18.4 Å². The van der Waals surface area contributed by atoms with Gasteiger partial charge in [-0.2, -0.15) is 0 Å². The number of rotatable bonds is 14. The van der Waals surface area contributed by atoms with Gasteiger partial charge in [0.25, 0.3) is 0 Å². The minimum absolute atomic E-state index is 0.339. The predicted octanol–water partition coefficient (Wildman–Crippen LogP) is 3.33. The zero-order valence-corrected chi connectivity index (χ0v) is 17.7. The lowest BCUT2D eigenvalue weighted by Crippen LogP contribution is -2.42. The van der Waals surface area contributed by atoms with Crippen molar-refractivity contribution in [2.75, 3.05) is 67.6 Å². The zero-order chi connectivity index (χ0) is 18.6. The molecule has 4 heteroatoms. The molecule has 0 bridgehead atoms. The van der Waals surface area contributed by atoms with Crippen LogP contribution in [0.1, 0.15) is 40.5 Å². The molecule has 0 aromatic heterocycles. The van der Waals surface area contributed by atoms with E-state index in [0.29, 0.717) is 12.2 Å². The second-order valence-electron chi connectivity index (χ2n) is 8.70. The molecule has 24 heavy (non-hydrogen) atoms. The number of nitrogens with zero attached hydrogens (tertiary/aromatic N) is 2. The van der Waals surface area contributed by atoms with Crippen molar-refractivity contribution in [2.45, 2.75) is 52.7 Å². The summed E-state index contributed by atoms with van der Waals surface area (Å²) in [5.41, 5.74) is 0. The largest absolute Gasteiger partial charge is 0.379 e. The van der Waals surface area contributed by atoms with E-state index in [9.17, 15) is 0 Å². The van der Waals surface area contributed by atoms with E-state index in [0.717, 1.165) is 61.2 Å². The van der Waals surface area contributed by atoms with Gasteiger partial charge >= 0.3 is 0 Å². The van der Waals surface area contributed by atoms with Gasteiger partial charge in [-0.25, -0.2) is 0 Å². The number of hydrogen-bond acceptors (Lipinski definition) is 2. The first-order valence-electron chi connectivity index (χ1n) is 9.56. The molecule has 0 saturated carbocycles. The summed E-state index contributed by atoms with van der Waals surface area (Å²) >= 11 is 0. The summed E-state index contributed by atoms with van der Waals surface area (Å²) in [6.07, 6.45) is 7.60. The molecule has 0 N–H and O–H groups in total. The molecule has 0 radical (unpaired) electrons. The highest BCUT2D eigenvalue weighted by molar-refractivity contribution is 4.81. The van der Waals surface area contributed by atoms with Crippen molar-refractivity contribution < 1.29 is 18.4 Å². The van der Waals surface area contributed by atoms with Gasteiger partial charge in [-0.05, 0) is 39.8 Å². The van der Waals surface area contributed by atoms with Crippen molar-refractivity contribution in [3.8, 4) is 0 Å². The lowest BCUT2D eigenvalue weighted by atomic mass is 10.3. The molecule has 0 heterocycles. The molecule has 0 fully saturated rings. The van der Waals surface area contributed by atoms with Crippen LogP contribution in [0.25, 0.3) is 0 Å². The third-order valence-electron chi connectivity index (χ3n) is 4.08. The van der Waals surface area contributed by atoms with E-state index in [4.69, 9.17) is 9.47 Å². The maximum absolute atomic E-state index is 5.63. The van der Waals surface area contributed by atoms with Gasteiger partial charge in [0.2, 0.25) is 0 Å². The number of ether oxygens (including phenoxy) is 2. The second kappa shape index (κ2) is 12.0. The van der Waals surface area contributed by atoms with Crippen LogP contribution in [0, 0.1) is 0 Å². The fourth-order valence-corrected chi connectivity index (χ4v) is 2.53. The maximum atomic E-state index is 5.63. The van der Waals surface area contributed by atoms with Crippen LogP contribution in [-0.4, -0.2) is 88.8 Å². The average Bonchev–Trinajstić information content (AvgIpc) is 2.44. The molecule has 144 valence electrons. The van der Waals surface area contributed by atoms with Gasteiger partial charge in [0.1, 0.15) is 0 Å². The quantitative estimate of drug-likeness (QED) is 0.273. The molecule has 0 rings (SSSR count). The predicted molar refractivity (Wildman–Crippen MR) is 104 cm³/mol. The third-order valence-corrected chi connectivity index (χ3v) is 4.08. The Morgan fingerprint density at radius 3 is 1.29 bits per heavy atom. The fourth-order valence-electron chi connectivity index (χ4n) is 2.53. The Hall–Kier alpha value is -0.420. The van der Waals surface area contributed by atoms with Crippen molar-refractivity contribution in [1.82, 2.24) is 0 Å². The Balaban J connectivity index is 3.94. The minimum atomic E-state index is 0.339. The Kier molecular flexibility index (Phi) is 11.8. The van der Waals surface area contributed by atoms with Gasteiger partial charge in [0.05, 0.1) is 79.8 Å². The summed E-state index contributed by atoms with van der Waals surface area (Å²) in [6, 6.07) is 0. The SMILES string of the molecule is CC(C)OCCC[N+](C)(C)C/C=C/C[N+](C)(C)CCCOC(C)C. The molecule has 0 unspecified atom stereocenters. The van der Waals surface area contributed by atoms with Crippen molar-refractivity contribution in [3.63, 3.8) is 0 Å². The van der Waals surface area contributed by atoms with Crippen molar-refractivity contribution in [3.05, 3.63) is 12.2 Å². The van der Waals surface area contributed by atoms with E-state index >= 15 is 0 Å². The molecular formula is C20H44N2O2+2. The molecule has 0 aromatic carbocycles. The molecular weight excluding hydrogens is 300 g/mol. The molecule has 0 saturated heterocycles. The summed E-state index contributed by atoms with van der Waals surface area (Å²) in [5, 5.41) is 0. The molecule has 0 aliphatic carbocycles. The maximum Gasteiger partial charge on any atom is 0.0971 e. The fraction of sp³-hybridized carbons (Fsp3) is 0.900. The van der Waals surface area contributed by atoms with Crippen LogP contribution in [0.2, 0.25) is 0 Å². The topological polar surface area (TPSA) is 18.5 Å². The lowest BCUT2D eigenvalue weighted by molar-refractivity contribution is -0.887. The summed E-state index contributed by atoms with van der Waals surface area (Å²) < 4.78 is 13.3. The third kappa shape index (κ3) is 15.1. The van der Waals surface area contributed by atoms with Crippen LogP contribution in [0.4, 0.5) is 0 Å². The molecule has 0 atom stereocenters. The molecule has 0 amide bonds. The Morgan fingerprint density at radius 2 is 1.00 bits per heavy atom. The van der Waals surface area contributed by atoms with E-state index in [1.54, 1.807) is 0 Å². The van der Waals surface area contributed by atoms with E-state index in [2.05, 4.69) is 68.0 Å². The summed E-state index contributed by atoms with van der Waals surface area (Å²) in [6.45, 7) is 14.6. The van der Waals surface area contributed by atoms with Gasteiger partial charge in [0.15, 0.2) is 0 Å². The smallest absolute Gasteiger partial charge is 0.0971 e. The summed E-state index contributed by atoms with van der Waals surface area (Å²) in [5.74, 6) is 0. The lowest BCUT2D eigenvalue weighted by Gasteiger charge is -2.30. The van der Waals surface area contributed by atoms with Gasteiger partial charge in [0, 0.05) is 12.8 Å². The Morgan fingerprint density at radius 1 is 0.667 bits per heavy atom. The highest BCUT2D eigenvalue weighted by Crippen LogP contribution is 2.04. The van der Waals surface area contributed by atoms with E-state index < -0.39 is 0 Å². The first-order chi connectivity index (χ1) is 11.0. The summed E-state index contributed by atoms with van der Waals surface area (Å²) in [4.78, 5) is 0. The second-order valence-corrected chi connectivity index (χ2v) is 8.70. The van der Waals surface area contributed by atoms with Crippen LogP contribution in [0.5, 0.6) is 0 Å². The van der Waals surface area contributed by atoms with Crippen LogP contribution >= 0.6 is 0 Å². The highest BCUT2D eigenvalue weighted by Gasteiger charge is 2.14. The molecule has 0 aliphatic rings. The van der Waals surface area contributed by atoms with E-state index in [-0.39, 0.29) is 0 Å². The van der Waals surface area contributed by atoms with Crippen LogP contribution in [-0.2, 0) is 9.47 Å². The number of likely N-dealkylation sites (N-methyl/N-ethyl adjacent to an activating group) is 2. The van der Waals surface area contributed by atoms with Crippen LogP contribution in [0.3, 0.4) is 0 Å². The highest BCUT2D eigenvalue weighted by atomic mass is 16.5. The van der Waals surface area contributed by atoms with Gasteiger partial charge in [-0.15, -0.1) is 0 Å². The molecule has 4 nitrogen and oxygen atoms in total. The normalized spacial score (nSPS) is 13.6. The van der Waals surface area contributed by atoms with Crippen molar-refractivity contribution in [1.29, 1.82) is 0 Å². The molecule has 0 aromatic rings.